The van der Waals surface area contributed by atoms with Crippen LogP contribution in [0.3, 0.4) is 0 Å². The fraction of sp³-hybridized carbons (Fsp3) is 0.389. The van der Waals surface area contributed by atoms with Crippen molar-refractivity contribution >= 4 is 52.2 Å². The minimum Gasteiger partial charge on any atom is -0.352 e. The van der Waals surface area contributed by atoms with E-state index in [1.165, 1.54) is 18.2 Å². The number of aromatic nitrogens is 1. The fourth-order valence-electron chi connectivity index (χ4n) is 3.12. The van der Waals surface area contributed by atoms with Crippen LogP contribution in [-0.4, -0.2) is 28.8 Å². The van der Waals surface area contributed by atoms with Gasteiger partial charge in [0.25, 0.3) is 5.91 Å². The Kier molecular flexibility index (Phi) is 6.68. The van der Waals surface area contributed by atoms with Crippen molar-refractivity contribution in [2.45, 2.75) is 38.1 Å². The van der Waals surface area contributed by atoms with Crippen LogP contribution in [0, 0.1) is 5.82 Å². The van der Waals surface area contributed by atoms with Crippen molar-refractivity contribution in [3.05, 3.63) is 45.1 Å². The topological polar surface area (TPSA) is 62.3 Å². The predicted molar refractivity (Wildman–Crippen MR) is 105 cm³/mol. The molecule has 0 saturated heterocycles. The first-order chi connectivity index (χ1) is 13.0. The molecule has 1 saturated carbocycles. The van der Waals surface area contributed by atoms with Crippen molar-refractivity contribution in [3.63, 3.8) is 0 Å². The van der Waals surface area contributed by atoms with Crippen LogP contribution in [-0.2, 0) is 4.79 Å². The Bertz CT molecular complexity index is 840. The summed E-state index contributed by atoms with van der Waals surface area (Å²) in [5.41, 5.74) is -0.109. The first-order valence-electron chi connectivity index (χ1n) is 8.64. The molecule has 0 aliphatic heterocycles. The van der Waals surface area contributed by atoms with Gasteiger partial charge in [-0.25, -0.2) is 4.39 Å². The maximum atomic E-state index is 14.3. The summed E-state index contributed by atoms with van der Waals surface area (Å²) in [5.74, 6) is -1.64. The van der Waals surface area contributed by atoms with E-state index in [4.69, 9.17) is 23.2 Å². The molecular formula is C18H18Cl2FN3O2S. The lowest BCUT2D eigenvalue weighted by molar-refractivity contribution is -0.120. The standard InChI is InChI=1S/C18H18Cl2FN3O2S/c19-15-16(23-27-17(15)20)18(26)24(13-9-5-4-8-12(13)21)10-14(25)22-11-6-2-1-3-7-11/h4-5,8-9,11H,1-3,6-7,10H2,(H,22,25). The van der Waals surface area contributed by atoms with Crippen molar-refractivity contribution in [1.82, 2.24) is 9.69 Å². The average Bonchev–Trinajstić information content (AvgIpc) is 3.00. The highest BCUT2D eigenvalue weighted by atomic mass is 35.5. The van der Waals surface area contributed by atoms with E-state index in [1.807, 2.05) is 0 Å². The SMILES string of the molecule is O=C(CN(C(=O)c1nsc(Cl)c1Cl)c1ccccc1F)NC1CCCCC1. The molecule has 27 heavy (non-hydrogen) atoms. The normalized spacial score (nSPS) is 14.8. The van der Waals surface area contributed by atoms with Crippen LogP contribution in [0.5, 0.6) is 0 Å². The van der Waals surface area contributed by atoms with Crippen molar-refractivity contribution < 1.29 is 14.0 Å². The molecule has 1 N–H and O–H groups in total. The van der Waals surface area contributed by atoms with Gasteiger partial charge in [0.15, 0.2) is 5.69 Å². The Morgan fingerprint density at radius 3 is 2.56 bits per heavy atom. The molecule has 1 aliphatic carbocycles. The van der Waals surface area contributed by atoms with Gasteiger partial charge in [0.2, 0.25) is 5.91 Å². The first-order valence-corrected chi connectivity index (χ1v) is 10.2. The summed E-state index contributed by atoms with van der Waals surface area (Å²) in [7, 11) is 0. The number of nitrogens with zero attached hydrogens (tertiary/aromatic N) is 2. The van der Waals surface area contributed by atoms with Crippen molar-refractivity contribution in [3.8, 4) is 0 Å². The molecule has 1 aromatic carbocycles. The van der Waals surface area contributed by atoms with Crippen LogP contribution < -0.4 is 10.2 Å². The summed E-state index contributed by atoms with van der Waals surface area (Å²) in [6.45, 7) is -0.332. The second-order valence-electron chi connectivity index (χ2n) is 6.36. The molecule has 0 spiro atoms. The van der Waals surface area contributed by atoms with Gasteiger partial charge in [-0.15, -0.1) is 0 Å². The van der Waals surface area contributed by atoms with E-state index in [0.29, 0.717) is 0 Å². The van der Waals surface area contributed by atoms with E-state index in [9.17, 15) is 14.0 Å². The minimum absolute atomic E-state index is 0.000643. The van der Waals surface area contributed by atoms with Gasteiger partial charge >= 0.3 is 0 Å². The van der Waals surface area contributed by atoms with E-state index in [0.717, 1.165) is 48.5 Å². The molecule has 0 bridgehead atoms. The third-order valence-corrected chi connectivity index (χ3v) is 6.07. The zero-order valence-corrected chi connectivity index (χ0v) is 16.7. The maximum Gasteiger partial charge on any atom is 0.280 e. The predicted octanol–water partition coefficient (Wildman–Crippen LogP) is 4.68. The van der Waals surface area contributed by atoms with Crippen LogP contribution in [0.15, 0.2) is 24.3 Å². The van der Waals surface area contributed by atoms with Gasteiger partial charge < -0.3 is 5.32 Å². The van der Waals surface area contributed by atoms with Gasteiger partial charge in [0, 0.05) is 6.04 Å². The molecular weight excluding hydrogens is 412 g/mol. The molecule has 0 atom stereocenters. The Balaban J connectivity index is 1.84. The lowest BCUT2D eigenvalue weighted by Crippen LogP contribution is -2.45. The highest BCUT2D eigenvalue weighted by Crippen LogP contribution is 2.31. The summed E-state index contributed by atoms with van der Waals surface area (Å²) < 4.78 is 18.4. The van der Waals surface area contributed by atoms with E-state index in [1.54, 1.807) is 6.07 Å². The zero-order chi connectivity index (χ0) is 19.4. The Morgan fingerprint density at radius 1 is 1.22 bits per heavy atom. The number of para-hydroxylation sites is 1. The second kappa shape index (κ2) is 8.99. The van der Waals surface area contributed by atoms with Gasteiger partial charge in [-0.2, -0.15) is 4.37 Å². The van der Waals surface area contributed by atoms with E-state index < -0.39 is 11.7 Å². The van der Waals surface area contributed by atoms with Crippen LogP contribution in [0.4, 0.5) is 10.1 Å². The van der Waals surface area contributed by atoms with Crippen molar-refractivity contribution in [2.75, 3.05) is 11.4 Å². The molecule has 144 valence electrons. The number of nitrogens with one attached hydrogen (secondary N) is 1. The van der Waals surface area contributed by atoms with Gasteiger partial charge in [-0.05, 0) is 36.5 Å². The number of carbonyl (C=O) groups excluding carboxylic acids is 2. The number of anilines is 1. The lowest BCUT2D eigenvalue weighted by Gasteiger charge is -2.26. The smallest absolute Gasteiger partial charge is 0.280 e. The molecule has 1 aromatic heterocycles. The monoisotopic (exact) mass is 429 g/mol. The number of amides is 2. The largest absolute Gasteiger partial charge is 0.352 e. The third-order valence-electron chi connectivity index (χ3n) is 4.46. The number of rotatable bonds is 5. The molecule has 0 radical (unpaired) electrons. The number of halogens is 3. The van der Waals surface area contributed by atoms with Gasteiger partial charge in [-0.1, -0.05) is 54.6 Å². The lowest BCUT2D eigenvalue weighted by atomic mass is 9.95. The quantitative estimate of drug-likeness (QED) is 0.749. The number of hydrogen-bond acceptors (Lipinski definition) is 4. The third kappa shape index (κ3) is 4.78. The van der Waals surface area contributed by atoms with E-state index in [2.05, 4.69) is 9.69 Å². The maximum absolute atomic E-state index is 14.3. The molecule has 1 heterocycles. The van der Waals surface area contributed by atoms with Crippen LogP contribution in [0.1, 0.15) is 42.6 Å². The Labute approximate surface area is 170 Å². The Hall–Kier alpha value is -1.70. The van der Waals surface area contributed by atoms with E-state index in [-0.39, 0.29) is 39.2 Å². The fourth-order valence-corrected chi connectivity index (χ4v) is 4.11. The summed E-state index contributed by atoms with van der Waals surface area (Å²) >= 11 is 12.8. The van der Waals surface area contributed by atoms with Gasteiger partial charge in [0.05, 0.1) is 5.69 Å². The molecule has 1 fully saturated rings. The zero-order valence-electron chi connectivity index (χ0n) is 14.4. The molecule has 9 heteroatoms. The first kappa shape index (κ1) is 20.0. The summed E-state index contributed by atoms with van der Waals surface area (Å²) in [5, 5.41) is 2.93. The molecule has 2 amide bonds. The molecule has 2 aromatic rings. The van der Waals surface area contributed by atoms with Crippen LogP contribution in [0.25, 0.3) is 0 Å². The molecule has 3 rings (SSSR count). The number of hydrogen-bond donors (Lipinski definition) is 1. The highest BCUT2D eigenvalue weighted by Gasteiger charge is 2.28. The van der Waals surface area contributed by atoms with Crippen molar-refractivity contribution in [2.24, 2.45) is 0 Å². The Morgan fingerprint density at radius 2 is 1.93 bits per heavy atom. The summed E-state index contributed by atoms with van der Waals surface area (Å²) in [6.07, 6.45) is 5.11. The average molecular weight is 430 g/mol. The highest BCUT2D eigenvalue weighted by molar-refractivity contribution is 7.11. The molecule has 1 aliphatic rings. The van der Waals surface area contributed by atoms with Crippen molar-refractivity contribution in [1.29, 1.82) is 0 Å². The molecule has 5 nitrogen and oxygen atoms in total. The van der Waals surface area contributed by atoms with Gasteiger partial charge in [0.1, 0.15) is 21.7 Å². The minimum atomic E-state index is -0.674. The number of carbonyl (C=O) groups is 2. The van der Waals surface area contributed by atoms with Crippen LogP contribution in [0.2, 0.25) is 9.36 Å². The molecule has 0 unspecified atom stereocenters. The van der Waals surface area contributed by atoms with E-state index >= 15 is 0 Å². The van der Waals surface area contributed by atoms with Crippen LogP contribution >= 0.6 is 34.7 Å². The number of benzene rings is 1. The van der Waals surface area contributed by atoms with Gasteiger partial charge in [-0.3, -0.25) is 14.5 Å². The summed E-state index contributed by atoms with van der Waals surface area (Å²) in [6, 6.07) is 5.85. The summed E-state index contributed by atoms with van der Waals surface area (Å²) in [4.78, 5) is 26.5. The second-order valence-corrected chi connectivity index (χ2v) is 8.12.